The average molecular weight is 430 g/mol. The van der Waals surface area contributed by atoms with E-state index in [1.54, 1.807) is 6.08 Å². The highest BCUT2D eigenvalue weighted by Gasteiger charge is 2.16. The molecule has 0 spiro atoms. The van der Waals surface area contributed by atoms with Crippen LogP contribution in [0.5, 0.6) is 0 Å². The van der Waals surface area contributed by atoms with Crippen molar-refractivity contribution in [2.24, 2.45) is 5.92 Å². The Balaban J connectivity index is 2.10. The van der Waals surface area contributed by atoms with Crippen LogP contribution in [0.3, 0.4) is 0 Å². The summed E-state index contributed by atoms with van der Waals surface area (Å²) in [4.78, 5) is 0. The predicted octanol–water partition coefficient (Wildman–Crippen LogP) is 7.64. The molecular weight excluding hydrogens is 382 g/mol. The molecule has 0 saturated heterocycles. The molecule has 0 bridgehead atoms. The summed E-state index contributed by atoms with van der Waals surface area (Å²) < 4.78 is 11.6. The van der Waals surface area contributed by atoms with Crippen LogP contribution >= 0.6 is 0 Å². The van der Waals surface area contributed by atoms with Gasteiger partial charge in [-0.1, -0.05) is 71.3 Å². The molecular formula is C28H47NO2. The molecule has 0 amide bonds. The van der Waals surface area contributed by atoms with E-state index in [4.69, 9.17) is 9.47 Å². The maximum Gasteiger partial charge on any atom is 0.114 e. The molecule has 1 N–H and O–H groups in total. The fourth-order valence-electron chi connectivity index (χ4n) is 3.89. The van der Waals surface area contributed by atoms with Crippen LogP contribution in [0.25, 0.3) is 0 Å². The van der Waals surface area contributed by atoms with Crippen molar-refractivity contribution in [3.63, 3.8) is 0 Å². The topological polar surface area (TPSA) is 30.5 Å². The van der Waals surface area contributed by atoms with E-state index in [9.17, 15) is 0 Å². The van der Waals surface area contributed by atoms with Crippen molar-refractivity contribution in [2.45, 2.75) is 84.5 Å². The number of allylic oxidation sites excluding steroid dienone is 4. The number of unbranched alkanes of at least 4 members (excludes halogenated alkanes) is 3. The van der Waals surface area contributed by atoms with Gasteiger partial charge >= 0.3 is 0 Å². The first-order chi connectivity index (χ1) is 15.2. The minimum atomic E-state index is 0.567. The van der Waals surface area contributed by atoms with Crippen LogP contribution in [0.1, 0.15) is 84.5 Å². The van der Waals surface area contributed by atoms with Gasteiger partial charge in [0.2, 0.25) is 0 Å². The lowest BCUT2D eigenvalue weighted by molar-refractivity contribution is 0.186. The standard InChI is InChI=1S/C28H47NO2/c1-5-16-26(18-15-23-30-25(4)27-19-11-10-12-20-27)24-29-21-13-8-9-14-22-31-28(7-3)17-6-2/h7,15-18,27,29H,3-6,8-14,19-24H2,1-2H3/b18-15-,26-16+,28-17+. The fourth-order valence-corrected chi connectivity index (χ4v) is 3.89. The predicted molar refractivity (Wildman–Crippen MR) is 135 cm³/mol. The highest BCUT2D eigenvalue weighted by atomic mass is 16.5. The first kappa shape index (κ1) is 27.3. The molecule has 1 saturated carbocycles. The van der Waals surface area contributed by atoms with Crippen molar-refractivity contribution in [1.29, 1.82) is 0 Å². The van der Waals surface area contributed by atoms with Gasteiger partial charge in [0.05, 0.1) is 12.4 Å². The molecule has 3 nitrogen and oxygen atoms in total. The Kier molecular flexibility index (Phi) is 16.7. The van der Waals surface area contributed by atoms with E-state index in [2.05, 4.69) is 56.6 Å². The summed E-state index contributed by atoms with van der Waals surface area (Å²) in [6.45, 7) is 15.6. The van der Waals surface area contributed by atoms with Crippen molar-refractivity contribution >= 4 is 0 Å². The molecule has 0 aromatic carbocycles. The molecule has 0 radical (unpaired) electrons. The molecule has 0 unspecified atom stereocenters. The molecule has 1 fully saturated rings. The smallest absolute Gasteiger partial charge is 0.114 e. The van der Waals surface area contributed by atoms with Gasteiger partial charge in [0, 0.05) is 12.5 Å². The van der Waals surface area contributed by atoms with Crippen molar-refractivity contribution < 1.29 is 9.47 Å². The number of hydrogen-bond donors (Lipinski definition) is 1. The molecule has 176 valence electrons. The van der Waals surface area contributed by atoms with E-state index < -0.39 is 0 Å². The van der Waals surface area contributed by atoms with Crippen molar-refractivity contribution in [1.82, 2.24) is 5.32 Å². The van der Waals surface area contributed by atoms with Crippen LogP contribution < -0.4 is 5.32 Å². The molecule has 0 heterocycles. The second-order valence-electron chi connectivity index (χ2n) is 8.36. The molecule has 0 atom stereocenters. The Hall–Kier alpha value is -1.74. The normalized spacial score (nSPS) is 15.9. The summed E-state index contributed by atoms with van der Waals surface area (Å²) in [6, 6.07) is 0. The molecule has 0 aliphatic heterocycles. The van der Waals surface area contributed by atoms with Gasteiger partial charge in [0.25, 0.3) is 0 Å². The number of rotatable bonds is 18. The highest BCUT2D eigenvalue weighted by Crippen LogP contribution is 2.29. The lowest BCUT2D eigenvalue weighted by Gasteiger charge is -2.23. The van der Waals surface area contributed by atoms with Crippen molar-refractivity contribution in [3.8, 4) is 0 Å². The van der Waals surface area contributed by atoms with Gasteiger partial charge in [-0.2, -0.15) is 0 Å². The number of ether oxygens (including phenoxy) is 2. The van der Waals surface area contributed by atoms with Crippen molar-refractivity contribution in [2.75, 3.05) is 26.3 Å². The van der Waals surface area contributed by atoms with Crippen LogP contribution in [0, 0.1) is 5.92 Å². The summed E-state index contributed by atoms with van der Waals surface area (Å²) in [7, 11) is 0. The Labute approximate surface area is 192 Å². The van der Waals surface area contributed by atoms with Gasteiger partial charge in [0.1, 0.15) is 12.4 Å². The van der Waals surface area contributed by atoms with Crippen LogP contribution in [0.15, 0.2) is 60.6 Å². The van der Waals surface area contributed by atoms with Crippen LogP contribution in [-0.2, 0) is 9.47 Å². The maximum atomic E-state index is 5.89. The molecule has 3 heteroatoms. The third-order valence-corrected chi connectivity index (χ3v) is 5.68. The van der Waals surface area contributed by atoms with E-state index >= 15 is 0 Å². The maximum absolute atomic E-state index is 5.89. The zero-order chi connectivity index (χ0) is 22.6. The lowest BCUT2D eigenvalue weighted by atomic mass is 9.88. The van der Waals surface area contributed by atoms with Gasteiger partial charge in [-0.15, -0.1) is 0 Å². The number of hydrogen-bond acceptors (Lipinski definition) is 3. The van der Waals surface area contributed by atoms with Gasteiger partial charge in [-0.3, -0.25) is 0 Å². The second kappa shape index (κ2) is 19.0. The highest BCUT2D eigenvalue weighted by molar-refractivity contribution is 5.20. The molecule has 1 aliphatic carbocycles. The summed E-state index contributed by atoms with van der Waals surface area (Å²) in [5, 5.41) is 3.58. The van der Waals surface area contributed by atoms with E-state index in [1.807, 2.05) is 0 Å². The van der Waals surface area contributed by atoms with Crippen LogP contribution in [0.2, 0.25) is 0 Å². The number of nitrogens with one attached hydrogen (secondary N) is 1. The van der Waals surface area contributed by atoms with E-state index in [1.165, 1.54) is 56.9 Å². The first-order valence-electron chi connectivity index (χ1n) is 12.5. The monoisotopic (exact) mass is 429 g/mol. The largest absolute Gasteiger partial charge is 0.494 e. The minimum Gasteiger partial charge on any atom is -0.494 e. The lowest BCUT2D eigenvalue weighted by Crippen LogP contribution is -2.18. The molecule has 1 aliphatic rings. The van der Waals surface area contributed by atoms with Crippen LogP contribution in [0.4, 0.5) is 0 Å². The van der Waals surface area contributed by atoms with E-state index in [0.717, 1.165) is 50.5 Å². The Morgan fingerprint density at radius 3 is 2.42 bits per heavy atom. The third kappa shape index (κ3) is 14.0. The summed E-state index contributed by atoms with van der Waals surface area (Å²) in [5.74, 6) is 2.46. The SMILES string of the molecule is C=C/C(=C\CC)OCCCCCCNCC(/C=C\COC(=C)C1CCCCC1)=C/CC. The average Bonchev–Trinajstić information content (AvgIpc) is 2.80. The second-order valence-corrected chi connectivity index (χ2v) is 8.36. The fraction of sp³-hybridized carbons (Fsp3) is 0.643. The summed E-state index contributed by atoms with van der Waals surface area (Å²) in [6.07, 6.45) is 23.7. The first-order valence-corrected chi connectivity index (χ1v) is 12.5. The van der Waals surface area contributed by atoms with Crippen LogP contribution in [-0.4, -0.2) is 26.3 Å². The molecule has 31 heavy (non-hydrogen) atoms. The quantitative estimate of drug-likeness (QED) is 0.138. The summed E-state index contributed by atoms with van der Waals surface area (Å²) >= 11 is 0. The Morgan fingerprint density at radius 1 is 0.968 bits per heavy atom. The van der Waals surface area contributed by atoms with Gasteiger partial charge in [-0.25, -0.2) is 0 Å². The third-order valence-electron chi connectivity index (χ3n) is 5.68. The zero-order valence-electron chi connectivity index (χ0n) is 20.3. The van der Waals surface area contributed by atoms with Gasteiger partial charge in [-0.05, 0) is 68.9 Å². The van der Waals surface area contributed by atoms with Gasteiger partial charge < -0.3 is 14.8 Å². The minimum absolute atomic E-state index is 0.567. The Bertz CT molecular complexity index is 568. The summed E-state index contributed by atoms with van der Waals surface area (Å²) in [5.41, 5.74) is 1.34. The van der Waals surface area contributed by atoms with Gasteiger partial charge in [0.15, 0.2) is 0 Å². The molecule has 0 aromatic heterocycles. The molecule has 1 rings (SSSR count). The molecule has 0 aromatic rings. The Morgan fingerprint density at radius 2 is 1.71 bits per heavy atom. The van der Waals surface area contributed by atoms with E-state index in [-0.39, 0.29) is 0 Å². The zero-order valence-corrected chi connectivity index (χ0v) is 20.3. The van der Waals surface area contributed by atoms with Crippen molar-refractivity contribution in [3.05, 3.63) is 60.6 Å². The van der Waals surface area contributed by atoms with E-state index in [0.29, 0.717) is 12.5 Å².